The highest BCUT2D eigenvalue weighted by atomic mass is 79.9. The second-order valence-electron chi connectivity index (χ2n) is 5.05. The zero-order chi connectivity index (χ0) is 14.9. The largest absolute Gasteiger partial charge is 0.310 e. The first-order chi connectivity index (χ1) is 9.40. The average Bonchev–Trinajstić information content (AvgIpc) is 3.20. The second kappa shape index (κ2) is 5.88. The number of hydrogen-bond acceptors (Lipinski definition) is 4. The van der Waals surface area contributed by atoms with Gasteiger partial charge in [0.25, 0.3) is 11.2 Å². The summed E-state index contributed by atoms with van der Waals surface area (Å²) in [5.41, 5.74) is 0.821. The highest BCUT2D eigenvalue weighted by Crippen LogP contribution is 2.22. The lowest BCUT2D eigenvalue weighted by atomic mass is 10.2. The van der Waals surface area contributed by atoms with Crippen molar-refractivity contribution >= 4 is 21.6 Å². The molecule has 1 aliphatic rings. The first-order valence-electron chi connectivity index (χ1n) is 6.34. The Bertz CT molecular complexity index is 620. The predicted molar refractivity (Wildman–Crippen MR) is 80.0 cm³/mol. The van der Waals surface area contributed by atoms with Crippen molar-refractivity contribution in [3.8, 4) is 0 Å². The van der Waals surface area contributed by atoms with Crippen LogP contribution in [-0.2, 0) is 6.54 Å². The van der Waals surface area contributed by atoms with E-state index in [1.807, 2.05) is 0 Å². The molecule has 20 heavy (non-hydrogen) atoms. The molecule has 7 heteroatoms. The van der Waals surface area contributed by atoms with E-state index in [9.17, 15) is 14.9 Å². The first kappa shape index (κ1) is 14.9. The molecule has 0 atom stereocenters. The quantitative estimate of drug-likeness (QED) is 0.488. The van der Waals surface area contributed by atoms with Gasteiger partial charge in [0.15, 0.2) is 0 Å². The fourth-order valence-corrected chi connectivity index (χ4v) is 2.31. The van der Waals surface area contributed by atoms with Crippen LogP contribution in [-0.4, -0.2) is 22.1 Å². The first-order valence-corrected chi connectivity index (χ1v) is 7.13. The van der Waals surface area contributed by atoms with Crippen LogP contribution in [0.5, 0.6) is 0 Å². The van der Waals surface area contributed by atoms with Crippen molar-refractivity contribution < 1.29 is 4.92 Å². The van der Waals surface area contributed by atoms with Gasteiger partial charge in [-0.05, 0) is 41.3 Å². The Kier molecular flexibility index (Phi) is 4.39. The molecule has 0 bridgehead atoms. The summed E-state index contributed by atoms with van der Waals surface area (Å²) in [7, 11) is 0. The number of hydrogen-bond donors (Lipinski definition) is 1. The molecular weight excluding hydrogens is 326 g/mol. The SMILES string of the molecule is C=C(CNC1CC1)Cn1cc([N+](=O)[O-])c(C)c(Br)c1=O. The third-order valence-electron chi connectivity index (χ3n) is 3.25. The van der Waals surface area contributed by atoms with Gasteiger partial charge in [0.05, 0.1) is 15.6 Å². The van der Waals surface area contributed by atoms with Crippen LogP contribution in [0.2, 0.25) is 0 Å². The maximum Gasteiger partial charge on any atom is 0.289 e. The molecule has 0 amide bonds. The van der Waals surface area contributed by atoms with Crippen molar-refractivity contribution in [2.45, 2.75) is 32.4 Å². The zero-order valence-corrected chi connectivity index (χ0v) is 12.8. The molecule has 1 saturated carbocycles. The van der Waals surface area contributed by atoms with Crippen molar-refractivity contribution in [2.75, 3.05) is 6.54 Å². The maximum absolute atomic E-state index is 12.1. The van der Waals surface area contributed by atoms with Gasteiger partial charge in [-0.25, -0.2) is 0 Å². The molecule has 0 aromatic carbocycles. The standard InChI is InChI=1S/C13H16BrN3O3/c1-8(5-15-10-3-4-10)6-16-7-11(17(19)20)9(2)12(14)13(16)18/h7,10,15H,1,3-6H2,2H3. The van der Waals surface area contributed by atoms with E-state index in [2.05, 4.69) is 27.8 Å². The van der Waals surface area contributed by atoms with Crippen LogP contribution in [0, 0.1) is 17.0 Å². The molecule has 2 rings (SSSR count). The summed E-state index contributed by atoms with van der Waals surface area (Å²) in [5.74, 6) is 0. The lowest BCUT2D eigenvalue weighted by molar-refractivity contribution is -0.386. The Morgan fingerprint density at radius 2 is 2.30 bits per heavy atom. The van der Waals surface area contributed by atoms with E-state index in [1.54, 1.807) is 6.92 Å². The number of pyridine rings is 1. The monoisotopic (exact) mass is 341 g/mol. The lowest BCUT2D eigenvalue weighted by Gasteiger charge is -2.11. The highest BCUT2D eigenvalue weighted by molar-refractivity contribution is 9.10. The number of nitrogens with one attached hydrogen (secondary N) is 1. The smallest absolute Gasteiger partial charge is 0.289 e. The van der Waals surface area contributed by atoms with Gasteiger partial charge >= 0.3 is 0 Å². The van der Waals surface area contributed by atoms with Crippen LogP contribution >= 0.6 is 15.9 Å². The van der Waals surface area contributed by atoms with Gasteiger partial charge in [-0.1, -0.05) is 6.58 Å². The lowest BCUT2D eigenvalue weighted by Crippen LogP contribution is -2.26. The molecule has 108 valence electrons. The zero-order valence-electron chi connectivity index (χ0n) is 11.2. The van der Waals surface area contributed by atoms with Crippen molar-refractivity contribution in [2.24, 2.45) is 0 Å². The van der Waals surface area contributed by atoms with Gasteiger partial charge in [-0.3, -0.25) is 14.9 Å². The molecule has 1 heterocycles. The number of nitrogens with zero attached hydrogens (tertiary/aromatic N) is 2. The Balaban J connectivity index is 2.19. The average molecular weight is 342 g/mol. The molecule has 1 aromatic heterocycles. The molecule has 1 fully saturated rings. The van der Waals surface area contributed by atoms with Gasteiger partial charge in [0.1, 0.15) is 0 Å². The molecule has 0 radical (unpaired) electrons. The van der Waals surface area contributed by atoms with Crippen LogP contribution in [0.4, 0.5) is 5.69 Å². The summed E-state index contributed by atoms with van der Waals surface area (Å²) in [5, 5.41) is 14.3. The van der Waals surface area contributed by atoms with Crippen molar-refractivity contribution in [3.63, 3.8) is 0 Å². The summed E-state index contributed by atoms with van der Waals surface area (Å²) in [4.78, 5) is 22.6. The van der Waals surface area contributed by atoms with Crippen molar-refractivity contribution in [1.82, 2.24) is 9.88 Å². The third-order valence-corrected chi connectivity index (χ3v) is 4.18. The predicted octanol–water partition coefficient (Wildman–Crippen LogP) is 2.14. The van der Waals surface area contributed by atoms with E-state index < -0.39 is 4.92 Å². The van der Waals surface area contributed by atoms with Crippen LogP contribution in [0.3, 0.4) is 0 Å². The van der Waals surface area contributed by atoms with Crippen LogP contribution in [0.1, 0.15) is 18.4 Å². The molecule has 0 aliphatic heterocycles. The van der Waals surface area contributed by atoms with Gasteiger partial charge in [-0.2, -0.15) is 0 Å². The molecule has 0 spiro atoms. The summed E-state index contributed by atoms with van der Waals surface area (Å²) in [6.45, 7) is 6.36. The fraction of sp³-hybridized carbons (Fsp3) is 0.462. The molecular formula is C13H16BrN3O3. The van der Waals surface area contributed by atoms with Gasteiger partial charge in [0.2, 0.25) is 0 Å². The summed E-state index contributed by atoms with van der Waals surface area (Å²) in [6, 6.07) is 0.558. The van der Waals surface area contributed by atoms with E-state index in [-0.39, 0.29) is 22.3 Å². The van der Waals surface area contributed by atoms with Gasteiger partial charge in [0, 0.05) is 24.7 Å². The summed E-state index contributed by atoms with van der Waals surface area (Å²) >= 11 is 3.13. The molecule has 0 unspecified atom stereocenters. The number of halogens is 1. The van der Waals surface area contributed by atoms with Crippen molar-refractivity contribution in [1.29, 1.82) is 0 Å². The number of nitro groups is 1. The topological polar surface area (TPSA) is 77.2 Å². The van der Waals surface area contributed by atoms with E-state index in [1.165, 1.54) is 23.6 Å². The Hall–Kier alpha value is -1.47. The van der Waals surface area contributed by atoms with Crippen molar-refractivity contribution in [3.05, 3.63) is 48.9 Å². The third kappa shape index (κ3) is 3.34. The molecule has 1 aromatic rings. The second-order valence-corrected chi connectivity index (χ2v) is 5.84. The summed E-state index contributed by atoms with van der Waals surface area (Å²) in [6.07, 6.45) is 3.63. The number of aromatic nitrogens is 1. The Morgan fingerprint density at radius 3 is 2.85 bits per heavy atom. The highest BCUT2D eigenvalue weighted by Gasteiger charge is 2.21. The minimum atomic E-state index is -0.485. The minimum Gasteiger partial charge on any atom is -0.310 e. The normalized spacial score (nSPS) is 14.3. The fourth-order valence-electron chi connectivity index (χ4n) is 1.88. The minimum absolute atomic E-state index is 0.0700. The summed E-state index contributed by atoms with van der Waals surface area (Å²) < 4.78 is 1.56. The molecule has 1 aliphatic carbocycles. The molecule has 6 nitrogen and oxygen atoms in total. The number of rotatable bonds is 6. The van der Waals surface area contributed by atoms with E-state index in [0.29, 0.717) is 18.2 Å². The van der Waals surface area contributed by atoms with E-state index in [0.717, 1.165) is 5.57 Å². The Morgan fingerprint density at radius 1 is 1.65 bits per heavy atom. The van der Waals surface area contributed by atoms with Crippen LogP contribution in [0.15, 0.2) is 27.6 Å². The molecule has 1 N–H and O–H groups in total. The molecule has 0 saturated heterocycles. The van der Waals surface area contributed by atoms with E-state index in [4.69, 9.17) is 0 Å². The Labute approximate surface area is 124 Å². The van der Waals surface area contributed by atoms with Gasteiger partial charge in [-0.15, -0.1) is 0 Å². The van der Waals surface area contributed by atoms with E-state index >= 15 is 0 Å². The van der Waals surface area contributed by atoms with Crippen LogP contribution < -0.4 is 10.9 Å². The maximum atomic E-state index is 12.1. The van der Waals surface area contributed by atoms with Gasteiger partial charge < -0.3 is 9.88 Å². The van der Waals surface area contributed by atoms with Crippen LogP contribution in [0.25, 0.3) is 0 Å².